The molecular weight excluding hydrogens is 256 g/mol. The van der Waals surface area contributed by atoms with Gasteiger partial charge in [0.1, 0.15) is 0 Å². The maximum atomic E-state index is 10.5. The minimum absolute atomic E-state index is 0.248. The molecule has 1 nitrogen and oxygen atoms in total. The average Bonchev–Trinajstić information content (AvgIpc) is 2.50. The maximum Gasteiger partial charge on any atom is 0.0586 e. The first-order valence-corrected chi connectivity index (χ1v) is 8.04. The van der Waals surface area contributed by atoms with Gasteiger partial charge in [-0.05, 0) is 67.2 Å². The highest BCUT2D eigenvalue weighted by Gasteiger charge is 2.22. The first-order valence-electron chi connectivity index (χ1n) is 8.04. The summed E-state index contributed by atoms with van der Waals surface area (Å²) < 4.78 is 0. The number of fused-ring (bicyclic) bond motifs is 1. The highest BCUT2D eigenvalue weighted by atomic mass is 16.3. The second-order valence-corrected chi connectivity index (χ2v) is 6.31. The van der Waals surface area contributed by atoms with Crippen molar-refractivity contribution >= 4 is 0 Å². The number of hydrogen-bond donors (Lipinski definition) is 1. The molecule has 0 aliphatic heterocycles. The Morgan fingerprint density at radius 2 is 1.86 bits per heavy atom. The van der Waals surface area contributed by atoms with Crippen LogP contribution in [0, 0.1) is 6.92 Å². The van der Waals surface area contributed by atoms with Crippen LogP contribution in [0.4, 0.5) is 0 Å². The Labute approximate surface area is 127 Å². The first-order chi connectivity index (χ1) is 10.2. The molecule has 3 rings (SSSR count). The van der Waals surface area contributed by atoms with Gasteiger partial charge in [-0.2, -0.15) is 0 Å². The lowest BCUT2D eigenvalue weighted by molar-refractivity contribution is 0.152. The molecule has 0 aromatic heterocycles. The fourth-order valence-corrected chi connectivity index (χ4v) is 3.60. The number of aryl methyl sites for hydroxylation is 2. The summed E-state index contributed by atoms with van der Waals surface area (Å²) >= 11 is 0. The van der Waals surface area contributed by atoms with E-state index in [0.29, 0.717) is 5.92 Å². The van der Waals surface area contributed by atoms with Crippen LogP contribution in [0.2, 0.25) is 0 Å². The fraction of sp³-hybridized carbons (Fsp3) is 0.400. The maximum absolute atomic E-state index is 10.5. The van der Waals surface area contributed by atoms with Gasteiger partial charge in [0.05, 0.1) is 6.10 Å². The van der Waals surface area contributed by atoms with Crippen LogP contribution in [0.15, 0.2) is 48.5 Å². The molecule has 21 heavy (non-hydrogen) atoms. The van der Waals surface area contributed by atoms with Crippen LogP contribution < -0.4 is 0 Å². The number of aliphatic hydroxyl groups is 1. The van der Waals surface area contributed by atoms with E-state index in [1.54, 1.807) is 0 Å². The monoisotopic (exact) mass is 280 g/mol. The van der Waals surface area contributed by atoms with Gasteiger partial charge in [-0.15, -0.1) is 0 Å². The molecule has 0 heterocycles. The number of hydrogen-bond acceptors (Lipinski definition) is 1. The van der Waals surface area contributed by atoms with Gasteiger partial charge in [-0.25, -0.2) is 0 Å². The molecule has 0 saturated heterocycles. The Hall–Kier alpha value is -1.60. The van der Waals surface area contributed by atoms with Gasteiger partial charge in [0, 0.05) is 0 Å². The van der Waals surface area contributed by atoms with E-state index in [-0.39, 0.29) is 6.10 Å². The summed E-state index contributed by atoms with van der Waals surface area (Å²) in [7, 11) is 0. The van der Waals surface area contributed by atoms with E-state index in [1.807, 2.05) is 0 Å². The Kier molecular flexibility index (Phi) is 4.40. The molecule has 1 aliphatic rings. The summed E-state index contributed by atoms with van der Waals surface area (Å²) in [6.07, 6.45) is 5.06. The standard InChI is InChI=1S/C20H24O/c1-15-7-2-3-9-17(15)13-19(21)14-18-11-6-10-16-8-4-5-12-20(16)18/h2-5,7-9,12,18-19,21H,6,10-11,13-14H2,1H3. The van der Waals surface area contributed by atoms with E-state index in [1.165, 1.54) is 41.5 Å². The van der Waals surface area contributed by atoms with Crippen molar-refractivity contribution < 1.29 is 5.11 Å². The fourth-order valence-electron chi connectivity index (χ4n) is 3.60. The number of aliphatic hydroxyl groups excluding tert-OH is 1. The Bertz CT molecular complexity index is 602. The lowest BCUT2D eigenvalue weighted by Crippen LogP contribution is -2.19. The lowest BCUT2D eigenvalue weighted by Gasteiger charge is -2.27. The molecule has 2 aromatic carbocycles. The molecule has 1 N–H and O–H groups in total. The van der Waals surface area contributed by atoms with Gasteiger partial charge in [0.25, 0.3) is 0 Å². The van der Waals surface area contributed by atoms with Gasteiger partial charge in [-0.1, -0.05) is 48.5 Å². The van der Waals surface area contributed by atoms with Crippen molar-refractivity contribution in [2.75, 3.05) is 0 Å². The topological polar surface area (TPSA) is 20.2 Å². The minimum Gasteiger partial charge on any atom is -0.393 e. The van der Waals surface area contributed by atoms with E-state index in [2.05, 4.69) is 55.5 Å². The number of benzene rings is 2. The van der Waals surface area contributed by atoms with E-state index < -0.39 is 0 Å². The lowest BCUT2D eigenvalue weighted by atomic mass is 9.79. The van der Waals surface area contributed by atoms with Crippen LogP contribution >= 0.6 is 0 Å². The third kappa shape index (κ3) is 3.36. The van der Waals surface area contributed by atoms with E-state index in [4.69, 9.17) is 0 Å². The van der Waals surface area contributed by atoms with E-state index in [9.17, 15) is 5.11 Å². The van der Waals surface area contributed by atoms with Crippen molar-refractivity contribution in [2.24, 2.45) is 0 Å². The zero-order valence-electron chi connectivity index (χ0n) is 12.8. The minimum atomic E-state index is -0.248. The van der Waals surface area contributed by atoms with Crippen LogP contribution in [-0.2, 0) is 12.8 Å². The molecule has 0 radical (unpaired) electrons. The predicted molar refractivity (Wildman–Crippen MR) is 87.6 cm³/mol. The Morgan fingerprint density at radius 1 is 1.10 bits per heavy atom. The van der Waals surface area contributed by atoms with Crippen molar-refractivity contribution in [1.29, 1.82) is 0 Å². The van der Waals surface area contributed by atoms with Crippen molar-refractivity contribution in [3.05, 3.63) is 70.8 Å². The molecule has 1 aliphatic carbocycles. The van der Waals surface area contributed by atoms with Gasteiger partial charge in [0.15, 0.2) is 0 Å². The van der Waals surface area contributed by atoms with Crippen LogP contribution in [0.5, 0.6) is 0 Å². The van der Waals surface area contributed by atoms with Crippen molar-refractivity contribution in [3.8, 4) is 0 Å². The van der Waals surface area contributed by atoms with Gasteiger partial charge in [-0.3, -0.25) is 0 Å². The second kappa shape index (κ2) is 6.44. The Balaban J connectivity index is 1.69. The molecule has 0 spiro atoms. The van der Waals surface area contributed by atoms with Crippen molar-refractivity contribution in [2.45, 2.75) is 51.0 Å². The zero-order chi connectivity index (χ0) is 14.7. The zero-order valence-corrected chi connectivity index (χ0v) is 12.8. The van der Waals surface area contributed by atoms with Crippen LogP contribution in [0.3, 0.4) is 0 Å². The highest BCUT2D eigenvalue weighted by Crippen LogP contribution is 2.35. The summed E-state index contributed by atoms with van der Waals surface area (Å²) in [5, 5.41) is 10.5. The highest BCUT2D eigenvalue weighted by molar-refractivity contribution is 5.33. The average molecular weight is 280 g/mol. The first kappa shape index (κ1) is 14.3. The summed E-state index contributed by atoms with van der Waals surface area (Å²) in [4.78, 5) is 0. The van der Waals surface area contributed by atoms with Crippen molar-refractivity contribution in [3.63, 3.8) is 0 Å². The second-order valence-electron chi connectivity index (χ2n) is 6.31. The molecule has 0 amide bonds. The Morgan fingerprint density at radius 3 is 2.71 bits per heavy atom. The molecule has 2 atom stereocenters. The molecule has 0 saturated carbocycles. The third-order valence-electron chi connectivity index (χ3n) is 4.77. The molecular formula is C20H24O. The molecule has 110 valence electrons. The van der Waals surface area contributed by atoms with Crippen LogP contribution in [-0.4, -0.2) is 11.2 Å². The van der Waals surface area contributed by atoms with Gasteiger partial charge < -0.3 is 5.11 Å². The van der Waals surface area contributed by atoms with Gasteiger partial charge in [0.2, 0.25) is 0 Å². The van der Waals surface area contributed by atoms with Crippen LogP contribution in [0.1, 0.15) is 47.4 Å². The van der Waals surface area contributed by atoms with E-state index in [0.717, 1.165) is 12.8 Å². The number of rotatable bonds is 4. The van der Waals surface area contributed by atoms with Crippen molar-refractivity contribution in [1.82, 2.24) is 0 Å². The smallest absolute Gasteiger partial charge is 0.0586 e. The molecule has 2 unspecified atom stereocenters. The van der Waals surface area contributed by atoms with E-state index >= 15 is 0 Å². The largest absolute Gasteiger partial charge is 0.393 e. The summed E-state index contributed by atoms with van der Waals surface area (Å²) in [6, 6.07) is 17.1. The normalized spacial score (nSPS) is 19.0. The quantitative estimate of drug-likeness (QED) is 0.879. The molecule has 0 bridgehead atoms. The van der Waals surface area contributed by atoms with Crippen LogP contribution in [0.25, 0.3) is 0 Å². The third-order valence-corrected chi connectivity index (χ3v) is 4.77. The predicted octanol–water partition coefficient (Wildman–Crippen LogP) is 4.41. The van der Waals surface area contributed by atoms with Gasteiger partial charge >= 0.3 is 0 Å². The molecule has 2 aromatic rings. The SMILES string of the molecule is Cc1ccccc1CC(O)CC1CCCc2ccccc21. The summed E-state index contributed by atoms with van der Waals surface area (Å²) in [6.45, 7) is 2.12. The molecule has 1 heteroatoms. The molecule has 0 fully saturated rings. The summed E-state index contributed by atoms with van der Waals surface area (Å²) in [5.41, 5.74) is 5.50. The summed E-state index contributed by atoms with van der Waals surface area (Å²) in [5.74, 6) is 0.522.